The molecule has 21 heavy (non-hydrogen) atoms. The second-order valence-corrected chi connectivity index (χ2v) is 4.46. The van der Waals surface area contributed by atoms with E-state index in [0.29, 0.717) is 23.7 Å². The lowest BCUT2D eigenvalue weighted by Gasteiger charge is -2.01. The lowest BCUT2D eigenvalue weighted by molar-refractivity contribution is 0.111. The summed E-state index contributed by atoms with van der Waals surface area (Å²) in [5.41, 5.74) is 2.25. The van der Waals surface area contributed by atoms with Crippen molar-refractivity contribution in [1.29, 1.82) is 0 Å². The van der Waals surface area contributed by atoms with Crippen molar-refractivity contribution < 1.29 is 19.8 Å². The molecular weight excluding hydrogens is 268 g/mol. The molecule has 0 saturated heterocycles. The maximum atomic E-state index is 10.3. The van der Waals surface area contributed by atoms with Crippen LogP contribution in [0.5, 0.6) is 11.5 Å². The molecular formula is C17H18O4. The van der Waals surface area contributed by atoms with E-state index in [2.05, 4.69) is 0 Å². The van der Waals surface area contributed by atoms with Crippen LogP contribution in [0.15, 0.2) is 36.4 Å². The first kappa shape index (κ1) is 16.4. The quantitative estimate of drug-likeness (QED) is 0.849. The normalized spacial score (nSPS) is 9.43. The van der Waals surface area contributed by atoms with Crippen LogP contribution in [0.3, 0.4) is 0 Å². The smallest absolute Gasteiger partial charge is 0.153 e. The van der Waals surface area contributed by atoms with Crippen LogP contribution in [0.25, 0.3) is 0 Å². The predicted octanol–water partition coefficient (Wildman–Crippen LogP) is 3.28. The Hall–Kier alpha value is -2.62. The van der Waals surface area contributed by atoms with Crippen molar-refractivity contribution in [3.63, 3.8) is 0 Å². The maximum absolute atomic E-state index is 10.3. The Labute approximate surface area is 123 Å². The number of rotatable bonds is 3. The first-order valence-electron chi connectivity index (χ1n) is 6.54. The molecule has 0 amide bonds. The van der Waals surface area contributed by atoms with E-state index >= 15 is 0 Å². The number of phenols is 2. The van der Waals surface area contributed by atoms with Crippen molar-refractivity contribution in [3.05, 3.63) is 58.7 Å². The third kappa shape index (κ3) is 4.18. The second kappa shape index (κ2) is 7.85. The lowest BCUT2D eigenvalue weighted by Crippen LogP contribution is -1.86. The van der Waals surface area contributed by atoms with Gasteiger partial charge in [0.1, 0.15) is 11.5 Å². The van der Waals surface area contributed by atoms with E-state index in [1.54, 1.807) is 37.3 Å². The summed E-state index contributed by atoms with van der Waals surface area (Å²) < 4.78 is 0. The Morgan fingerprint density at radius 1 is 0.905 bits per heavy atom. The third-order valence-corrected chi connectivity index (χ3v) is 3.05. The van der Waals surface area contributed by atoms with Crippen LogP contribution in [0.4, 0.5) is 0 Å². The van der Waals surface area contributed by atoms with Gasteiger partial charge in [0.05, 0.1) is 11.1 Å². The first-order valence-corrected chi connectivity index (χ1v) is 6.54. The van der Waals surface area contributed by atoms with Crippen molar-refractivity contribution >= 4 is 12.6 Å². The summed E-state index contributed by atoms with van der Waals surface area (Å²) in [4.78, 5) is 20.6. The summed E-state index contributed by atoms with van der Waals surface area (Å²) in [6.45, 7) is 3.69. The van der Waals surface area contributed by atoms with Crippen molar-refractivity contribution in [2.45, 2.75) is 20.3 Å². The largest absolute Gasteiger partial charge is 0.507 e. The molecule has 0 radical (unpaired) electrons. The number of para-hydroxylation sites is 2. The van der Waals surface area contributed by atoms with Gasteiger partial charge in [0.25, 0.3) is 0 Å². The number of carbonyl (C=O) groups is 2. The van der Waals surface area contributed by atoms with Crippen molar-refractivity contribution in [3.8, 4) is 11.5 Å². The fourth-order valence-corrected chi connectivity index (χ4v) is 1.77. The Bertz CT molecular complexity index is 633. The van der Waals surface area contributed by atoms with E-state index in [0.717, 1.165) is 17.5 Å². The molecule has 2 rings (SSSR count). The van der Waals surface area contributed by atoms with Gasteiger partial charge in [-0.1, -0.05) is 31.2 Å². The second-order valence-electron chi connectivity index (χ2n) is 4.46. The molecule has 0 bridgehead atoms. The van der Waals surface area contributed by atoms with Crippen LogP contribution in [0.1, 0.15) is 38.8 Å². The minimum atomic E-state index is 0.0810. The number of carbonyl (C=O) groups excluding carboxylic acids is 2. The molecule has 0 saturated carbocycles. The van der Waals surface area contributed by atoms with Gasteiger partial charge in [0.2, 0.25) is 0 Å². The molecule has 0 aliphatic carbocycles. The van der Waals surface area contributed by atoms with Crippen LogP contribution in [0.2, 0.25) is 0 Å². The maximum Gasteiger partial charge on any atom is 0.153 e. The Balaban J connectivity index is 0.000000211. The summed E-state index contributed by atoms with van der Waals surface area (Å²) in [5, 5.41) is 18.5. The van der Waals surface area contributed by atoms with Crippen molar-refractivity contribution in [2.24, 2.45) is 0 Å². The fourth-order valence-electron chi connectivity index (χ4n) is 1.77. The van der Waals surface area contributed by atoms with Gasteiger partial charge >= 0.3 is 0 Å². The summed E-state index contributed by atoms with van der Waals surface area (Å²) in [6, 6.07) is 10.2. The summed E-state index contributed by atoms with van der Waals surface area (Å²) in [6.07, 6.45) is 2.05. The van der Waals surface area contributed by atoms with Crippen LogP contribution >= 0.6 is 0 Å². The number of hydrogen-bond donors (Lipinski definition) is 2. The summed E-state index contributed by atoms with van der Waals surface area (Å²) in [5.74, 6) is 0.197. The number of aryl methyl sites for hydroxylation is 2. The van der Waals surface area contributed by atoms with Crippen molar-refractivity contribution in [1.82, 2.24) is 0 Å². The van der Waals surface area contributed by atoms with Gasteiger partial charge in [-0.25, -0.2) is 0 Å². The van der Waals surface area contributed by atoms with Gasteiger partial charge in [-0.15, -0.1) is 0 Å². The SMILES string of the molecule is CCc1cccc(C=O)c1O.Cc1cccc(C=O)c1O. The van der Waals surface area contributed by atoms with Gasteiger partial charge in [-0.2, -0.15) is 0 Å². The molecule has 0 aliphatic heterocycles. The molecule has 0 atom stereocenters. The van der Waals surface area contributed by atoms with E-state index < -0.39 is 0 Å². The van der Waals surface area contributed by atoms with Crippen LogP contribution in [-0.4, -0.2) is 22.8 Å². The number of aldehydes is 2. The van der Waals surface area contributed by atoms with E-state index in [-0.39, 0.29) is 11.5 Å². The average molecular weight is 286 g/mol. The topological polar surface area (TPSA) is 74.6 Å². The van der Waals surface area contributed by atoms with Crippen LogP contribution in [0, 0.1) is 6.92 Å². The Morgan fingerprint density at radius 2 is 1.43 bits per heavy atom. The molecule has 0 aromatic heterocycles. The number of aromatic hydroxyl groups is 2. The van der Waals surface area contributed by atoms with E-state index in [9.17, 15) is 14.7 Å². The molecule has 4 nitrogen and oxygen atoms in total. The zero-order chi connectivity index (χ0) is 15.8. The Kier molecular flexibility index (Phi) is 6.14. The molecule has 0 fully saturated rings. The molecule has 110 valence electrons. The zero-order valence-electron chi connectivity index (χ0n) is 12.0. The highest BCUT2D eigenvalue weighted by Gasteiger charge is 2.02. The van der Waals surface area contributed by atoms with E-state index in [4.69, 9.17) is 5.11 Å². The monoisotopic (exact) mass is 286 g/mol. The molecule has 2 aromatic rings. The van der Waals surface area contributed by atoms with Gasteiger partial charge in [0.15, 0.2) is 12.6 Å². The summed E-state index contributed by atoms with van der Waals surface area (Å²) in [7, 11) is 0. The Morgan fingerprint density at radius 3 is 1.90 bits per heavy atom. The highest BCUT2D eigenvalue weighted by atomic mass is 16.3. The average Bonchev–Trinajstić information content (AvgIpc) is 2.51. The van der Waals surface area contributed by atoms with Gasteiger partial charge < -0.3 is 10.2 Å². The molecule has 0 spiro atoms. The summed E-state index contributed by atoms with van der Waals surface area (Å²) >= 11 is 0. The lowest BCUT2D eigenvalue weighted by atomic mass is 10.1. The number of hydrogen-bond acceptors (Lipinski definition) is 4. The minimum absolute atomic E-state index is 0.0810. The molecule has 2 N–H and O–H groups in total. The molecule has 0 unspecified atom stereocenters. The molecule has 2 aromatic carbocycles. The van der Waals surface area contributed by atoms with Gasteiger partial charge in [-0.3, -0.25) is 9.59 Å². The third-order valence-electron chi connectivity index (χ3n) is 3.05. The number of benzene rings is 2. The molecule has 4 heteroatoms. The number of phenolic OH excluding ortho intramolecular Hbond substituents is 2. The van der Waals surface area contributed by atoms with Crippen molar-refractivity contribution in [2.75, 3.05) is 0 Å². The molecule has 0 heterocycles. The molecule has 0 aliphatic rings. The van der Waals surface area contributed by atoms with E-state index in [1.165, 1.54) is 0 Å². The minimum Gasteiger partial charge on any atom is -0.507 e. The van der Waals surface area contributed by atoms with Gasteiger partial charge in [-0.05, 0) is 36.6 Å². The van der Waals surface area contributed by atoms with Gasteiger partial charge in [0, 0.05) is 0 Å². The standard InChI is InChI=1S/C9H10O2.C8H8O2/c1-2-7-4-3-5-8(6-10)9(7)11;1-6-3-2-4-7(5-9)8(6)10/h3-6,11H,2H2,1H3;2-5,10H,1H3. The zero-order valence-corrected chi connectivity index (χ0v) is 12.0. The first-order chi connectivity index (χ1) is 10.0. The van der Waals surface area contributed by atoms with E-state index in [1.807, 2.05) is 13.0 Å². The highest BCUT2D eigenvalue weighted by Crippen LogP contribution is 2.20. The fraction of sp³-hybridized carbons (Fsp3) is 0.176. The predicted molar refractivity (Wildman–Crippen MR) is 81.1 cm³/mol. The van der Waals surface area contributed by atoms with Crippen LogP contribution < -0.4 is 0 Å². The van der Waals surface area contributed by atoms with Crippen LogP contribution in [-0.2, 0) is 6.42 Å². The highest BCUT2D eigenvalue weighted by molar-refractivity contribution is 5.80.